The second kappa shape index (κ2) is 7.83. The molecule has 0 radical (unpaired) electrons. The van der Waals surface area contributed by atoms with Crippen LogP contribution in [0.5, 0.6) is 17.2 Å². The van der Waals surface area contributed by atoms with Crippen LogP contribution in [0.25, 0.3) is 0 Å². The Morgan fingerprint density at radius 2 is 1.89 bits per heavy atom. The Hall–Kier alpha value is -3.81. The van der Waals surface area contributed by atoms with Crippen LogP contribution in [0.2, 0.25) is 0 Å². The Balaban J connectivity index is 1.43. The Kier molecular flexibility index (Phi) is 4.92. The predicted octanol–water partition coefficient (Wildman–Crippen LogP) is 3.60. The first kappa shape index (κ1) is 17.6. The summed E-state index contributed by atoms with van der Waals surface area (Å²) in [7, 11) is 0. The van der Waals surface area contributed by atoms with Crippen LogP contribution >= 0.6 is 0 Å². The Labute approximate surface area is 161 Å². The van der Waals surface area contributed by atoms with Crippen molar-refractivity contribution >= 4 is 23.2 Å². The minimum Gasteiger partial charge on any atom is -0.492 e. The van der Waals surface area contributed by atoms with Gasteiger partial charge in [0.2, 0.25) is 12.7 Å². The fourth-order valence-electron chi connectivity index (χ4n) is 2.66. The van der Waals surface area contributed by atoms with E-state index in [0.29, 0.717) is 41.1 Å². The number of para-hydroxylation sites is 2. The van der Waals surface area contributed by atoms with Crippen molar-refractivity contribution in [2.75, 3.05) is 24.0 Å². The van der Waals surface area contributed by atoms with Gasteiger partial charge in [-0.25, -0.2) is 9.97 Å². The SMILES string of the molecule is CCOc1ccccc1NC(=O)c1cnc(Nc2ccc3c(c2)OCO3)nc1. The molecule has 4 rings (SSSR count). The molecule has 1 aliphatic rings. The zero-order valence-corrected chi connectivity index (χ0v) is 15.1. The molecule has 28 heavy (non-hydrogen) atoms. The van der Waals surface area contributed by atoms with E-state index in [1.54, 1.807) is 18.2 Å². The van der Waals surface area contributed by atoms with E-state index in [-0.39, 0.29) is 12.7 Å². The number of carbonyl (C=O) groups excluding carboxylic acids is 1. The highest BCUT2D eigenvalue weighted by Gasteiger charge is 2.14. The lowest BCUT2D eigenvalue weighted by molar-refractivity contribution is 0.102. The number of aromatic nitrogens is 2. The van der Waals surface area contributed by atoms with Crippen molar-refractivity contribution in [2.24, 2.45) is 0 Å². The highest BCUT2D eigenvalue weighted by molar-refractivity contribution is 6.04. The molecular weight excluding hydrogens is 360 g/mol. The summed E-state index contributed by atoms with van der Waals surface area (Å²) < 4.78 is 16.1. The number of amides is 1. The van der Waals surface area contributed by atoms with Crippen LogP contribution in [0.1, 0.15) is 17.3 Å². The molecule has 8 heteroatoms. The van der Waals surface area contributed by atoms with E-state index in [9.17, 15) is 4.79 Å². The summed E-state index contributed by atoms with van der Waals surface area (Å²) in [6, 6.07) is 12.7. The summed E-state index contributed by atoms with van der Waals surface area (Å²) in [5.74, 6) is 2.02. The van der Waals surface area contributed by atoms with Crippen LogP contribution in [0.3, 0.4) is 0 Å². The lowest BCUT2D eigenvalue weighted by Crippen LogP contribution is -2.14. The average molecular weight is 378 g/mol. The molecule has 2 N–H and O–H groups in total. The van der Waals surface area contributed by atoms with Crippen LogP contribution in [-0.4, -0.2) is 29.3 Å². The van der Waals surface area contributed by atoms with E-state index in [0.717, 1.165) is 5.69 Å². The molecule has 2 heterocycles. The molecule has 1 amide bonds. The van der Waals surface area contributed by atoms with E-state index < -0.39 is 0 Å². The van der Waals surface area contributed by atoms with E-state index >= 15 is 0 Å². The van der Waals surface area contributed by atoms with E-state index in [4.69, 9.17) is 14.2 Å². The number of carbonyl (C=O) groups is 1. The van der Waals surface area contributed by atoms with Crippen molar-refractivity contribution in [2.45, 2.75) is 6.92 Å². The molecule has 0 saturated carbocycles. The van der Waals surface area contributed by atoms with Crippen molar-refractivity contribution in [3.8, 4) is 17.2 Å². The lowest BCUT2D eigenvalue weighted by Gasteiger charge is -2.11. The van der Waals surface area contributed by atoms with E-state index in [2.05, 4.69) is 20.6 Å². The van der Waals surface area contributed by atoms with Crippen molar-refractivity contribution in [3.63, 3.8) is 0 Å². The van der Waals surface area contributed by atoms with Crippen LogP contribution in [0, 0.1) is 0 Å². The molecule has 1 aliphatic heterocycles. The van der Waals surface area contributed by atoms with Gasteiger partial charge in [-0.2, -0.15) is 0 Å². The number of anilines is 3. The van der Waals surface area contributed by atoms with Gasteiger partial charge in [0, 0.05) is 24.1 Å². The van der Waals surface area contributed by atoms with Gasteiger partial charge in [-0.1, -0.05) is 12.1 Å². The maximum absolute atomic E-state index is 12.5. The summed E-state index contributed by atoms with van der Waals surface area (Å²) in [6.07, 6.45) is 2.92. The molecule has 0 atom stereocenters. The minimum absolute atomic E-state index is 0.214. The molecule has 142 valence electrons. The van der Waals surface area contributed by atoms with Gasteiger partial charge < -0.3 is 24.8 Å². The number of rotatable bonds is 6. The first-order chi connectivity index (χ1) is 13.7. The van der Waals surface area contributed by atoms with Crippen molar-refractivity contribution in [1.82, 2.24) is 9.97 Å². The fraction of sp³-hybridized carbons (Fsp3) is 0.150. The first-order valence-electron chi connectivity index (χ1n) is 8.75. The number of ether oxygens (including phenoxy) is 3. The highest BCUT2D eigenvalue weighted by atomic mass is 16.7. The number of fused-ring (bicyclic) bond motifs is 1. The molecule has 0 bridgehead atoms. The second-order valence-electron chi connectivity index (χ2n) is 5.87. The molecule has 0 aliphatic carbocycles. The fourth-order valence-corrected chi connectivity index (χ4v) is 2.66. The minimum atomic E-state index is -0.318. The highest BCUT2D eigenvalue weighted by Crippen LogP contribution is 2.34. The van der Waals surface area contributed by atoms with Crippen molar-refractivity contribution < 1.29 is 19.0 Å². The maximum Gasteiger partial charge on any atom is 0.258 e. The van der Waals surface area contributed by atoms with Gasteiger partial charge in [-0.15, -0.1) is 0 Å². The third-order valence-electron chi connectivity index (χ3n) is 3.98. The summed E-state index contributed by atoms with van der Waals surface area (Å²) in [5, 5.41) is 5.88. The molecule has 0 spiro atoms. The van der Waals surface area contributed by atoms with Gasteiger partial charge in [0.15, 0.2) is 11.5 Å². The van der Waals surface area contributed by atoms with Gasteiger partial charge in [-0.05, 0) is 31.2 Å². The Morgan fingerprint density at radius 1 is 1.11 bits per heavy atom. The molecular formula is C20H18N4O4. The van der Waals surface area contributed by atoms with E-state index in [1.807, 2.05) is 31.2 Å². The molecule has 0 fully saturated rings. The van der Waals surface area contributed by atoms with Crippen molar-refractivity contribution in [3.05, 3.63) is 60.4 Å². The summed E-state index contributed by atoms with van der Waals surface area (Å²) >= 11 is 0. The number of nitrogens with one attached hydrogen (secondary N) is 2. The number of hydrogen-bond donors (Lipinski definition) is 2. The molecule has 1 aromatic heterocycles. The zero-order chi connectivity index (χ0) is 19.3. The predicted molar refractivity (Wildman–Crippen MR) is 103 cm³/mol. The normalized spacial score (nSPS) is 11.8. The van der Waals surface area contributed by atoms with Gasteiger partial charge in [0.25, 0.3) is 5.91 Å². The maximum atomic E-state index is 12.5. The van der Waals surface area contributed by atoms with Gasteiger partial charge >= 0.3 is 0 Å². The quantitative estimate of drug-likeness (QED) is 0.677. The topological polar surface area (TPSA) is 94.6 Å². The lowest BCUT2D eigenvalue weighted by atomic mass is 10.2. The largest absolute Gasteiger partial charge is 0.492 e. The molecule has 0 saturated heterocycles. The van der Waals surface area contributed by atoms with Crippen molar-refractivity contribution in [1.29, 1.82) is 0 Å². The number of nitrogens with zero attached hydrogens (tertiary/aromatic N) is 2. The molecule has 3 aromatic rings. The Morgan fingerprint density at radius 3 is 2.71 bits per heavy atom. The van der Waals surface area contributed by atoms with Gasteiger partial charge in [0.05, 0.1) is 17.9 Å². The molecule has 2 aromatic carbocycles. The van der Waals surface area contributed by atoms with Crippen LogP contribution in [-0.2, 0) is 0 Å². The number of benzene rings is 2. The van der Waals surface area contributed by atoms with Gasteiger partial charge in [-0.3, -0.25) is 4.79 Å². The average Bonchev–Trinajstić information content (AvgIpc) is 3.18. The Bertz CT molecular complexity index is 992. The second-order valence-corrected chi connectivity index (χ2v) is 5.87. The smallest absolute Gasteiger partial charge is 0.258 e. The summed E-state index contributed by atoms with van der Waals surface area (Å²) in [5.41, 5.74) is 1.69. The molecule has 8 nitrogen and oxygen atoms in total. The summed E-state index contributed by atoms with van der Waals surface area (Å²) in [4.78, 5) is 20.9. The zero-order valence-electron chi connectivity index (χ0n) is 15.1. The van der Waals surface area contributed by atoms with Crippen LogP contribution in [0.15, 0.2) is 54.9 Å². The summed E-state index contributed by atoms with van der Waals surface area (Å²) in [6.45, 7) is 2.61. The monoisotopic (exact) mass is 378 g/mol. The third-order valence-corrected chi connectivity index (χ3v) is 3.98. The number of hydrogen-bond acceptors (Lipinski definition) is 7. The standard InChI is InChI=1S/C20H18N4O4/c1-2-26-16-6-4-3-5-15(16)24-19(25)13-10-21-20(22-11-13)23-14-7-8-17-18(9-14)28-12-27-17/h3-11H,2,12H2,1H3,(H,24,25)(H,21,22,23). The first-order valence-corrected chi connectivity index (χ1v) is 8.75. The third kappa shape index (κ3) is 3.80. The van der Waals surface area contributed by atoms with Crippen LogP contribution < -0.4 is 24.8 Å². The molecule has 0 unspecified atom stereocenters. The van der Waals surface area contributed by atoms with Gasteiger partial charge in [0.1, 0.15) is 5.75 Å². The van der Waals surface area contributed by atoms with Crippen LogP contribution in [0.4, 0.5) is 17.3 Å². The van der Waals surface area contributed by atoms with E-state index in [1.165, 1.54) is 12.4 Å².